The van der Waals surface area contributed by atoms with E-state index in [1.54, 1.807) is 0 Å². The fourth-order valence-corrected chi connectivity index (χ4v) is 2.64. The Kier molecular flexibility index (Phi) is 26.9. The van der Waals surface area contributed by atoms with Crippen LogP contribution in [0.1, 0.15) is 66.5 Å². The molecule has 0 fully saturated rings. The molecule has 0 aliphatic carbocycles. The second-order valence-corrected chi connectivity index (χ2v) is 114. The zero-order valence-electron chi connectivity index (χ0n) is 22.3. The van der Waals surface area contributed by atoms with Gasteiger partial charge in [0.2, 0.25) is 0 Å². The molecule has 2 aliphatic rings. The Hall–Kier alpha value is 3.80. The average Bonchev–Trinajstić information content (AvgIpc) is 2.79. The van der Waals surface area contributed by atoms with Crippen LogP contribution < -0.4 is 9.47 Å². The molecule has 0 spiro atoms. The van der Waals surface area contributed by atoms with Gasteiger partial charge in [-0.3, -0.25) is 0 Å². The number of hydrogen-bond acceptors (Lipinski definition) is 2. The molecule has 0 aromatic heterocycles. The van der Waals surface area contributed by atoms with E-state index in [1.165, 1.54) is 0 Å². The molecular weight excluding hydrogens is 1330 g/mol. The zero-order valence-corrected chi connectivity index (χ0v) is 40.2. The van der Waals surface area contributed by atoms with Crippen molar-refractivity contribution < 1.29 is 14.8 Å². The van der Waals surface area contributed by atoms with Crippen molar-refractivity contribution in [3.63, 3.8) is 0 Å². The van der Waals surface area contributed by atoms with Crippen LogP contribution in [0, 0.1) is 0 Å². The number of para-hydroxylation sites is 2. The Labute approximate surface area is 310 Å². The van der Waals surface area contributed by atoms with Gasteiger partial charge < -0.3 is 9.47 Å². The van der Waals surface area contributed by atoms with Crippen molar-refractivity contribution in [2.24, 2.45) is 0 Å². The third-order valence-corrected chi connectivity index (χ3v) is 3.91. The van der Waals surface area contributed by atoms with Crippen LogP contribution in [-0.4, -0.2) is 11.2 Å². The zero-order chi connectivity index (χ0) is 29.3. The molecule has 37 heavy (non-hydrogen) atoms. The molecule has 0 amide bonds. The van der Waals surface area contributed by atoms with E-state index in [1.807, 2.05) is 64.1 Å². The Bertz CT molecular complexity index is 868. The summed E-state index contributed by atoms with van der Waals surface area (Å²) in [6, 6.07) is 16.1. The van der Waals surface area contributed by atoms with Crippen molar-refractivity contribution in [3.8, 4) is 11.5 Å². The average molecular weight is 1370 g/mol. The van der Waals surface area contributed by atoms with E-state index in [4.69, 9.17) is 9.47 Å². The van der Waals surface area contributed by atoms with Crippen molar-refractivity contribution in [1.82, 2.24) is 0 Å². The van der Waals surface area contributed by atoms with Gasteiger partial charge in [0.15, 0.2) is 0 Å². The Morgan fingerprint density at radius 2 is 0.838 bits per heavy atom. The van der Waals surface area contributed by atoms with Crippen molar-refractivity contribution >= 4 is 152 Å². The summed E-state index contributed by atoms with van der Waals surface area (Å²) in [4.78, 5) is -0.278. The van der Waals surface area contributed by atoms with Crippen molar-refractivity contribution in [1.29, 1.82) is 0 Å². The van der Waals surface area contributed by atoms with E-state index in [2.05, 4.69) is 204 Å². The van der Waals surface area contributed by atoms with Crippen LogP contribution in [-0.2, 0) is 5.30 Å². The molecule has 2 nitrogen and oxygen atoms in total. The predicted octanol–water partition coefficient (Wildman–Crippen LogP) is 14.0. The van der Waals surface area contributed by atoms with Crippen LogP contribution in [0.5, 0.6) is 11.5 Å². The summed E-state index contributed by atoms with van der Waals surface area (Å²) in [6.45, 7) is 16.2. The van der Waals surface area contributed by atoms with E-state index in [0.29, 0.717) is 0 Å². The van der Waals surface area contributed by atoms with Crippen molar-refractivity contribution in [3.05, 3.63) is 71.8 Å². The first kappa shape index (κ1) is 42.9. The number of halogens is 7. The van der Waals surface area contributed by atoms with Gasteiger partial charge >= 0.3 is 145 Å². The molecule has 211 valence electrons. The molecule has 2 heterocycles. The second kappa shape index (κ2) is 23.2. The first-order valence-electron chi connectivity index (χ1n) is 11.5. The van der Waals surface area contributed by atoms with E-state index >= 15 is 0 Å². The number of benzene rings is 2. The third kappa shape index (κ3) is 24.9. The maximum absolute atomic E-state index is 5.73. The van der Waals surface area contributed by atoms with Crippen LogP contribution in [0.4, 0.5) is 0 Å². The summed E-state index contributed by atoms with van der Waals surface area (Å²) in [5, 5.41) is 0. The fraction of sp³-hybridized carbons (Fsp3) is 0.385. The molecule has 0 saturated heterocycles. The monoisotopic (exact) mass is 1370 g/mol. The molecule has 4 rings (SSSR count). The van der Waals surface area contributed by atoms with Crippen LogP contribution in [0.2, 0.25) is 0 Å². The van der Waals surface area contributed by atoms with Gasteiger partial charge in [0.25, 0.3) is 0 Å². The third-order valence-electron chi connectivity index (χ3n) is 3.91. The van der Waals surface area contributed by atoms with E-state index in [-0.39, 0.29) is 16.1 Å². The minimum absolute atomic E-state index is 0.158. The Morgan fingerprint density at radius 3 is 1.11 bits per heavy atom. The van der Waals surface area contributed by atoms with Gasteiger partial charge in [-0.25, -0.2) is 0 Å². The van der Waals surface area contributed by atoms with Gasteiger partial charge in [0.1, 0.15) is 22.7 Å². The summed E-state index contributed by atoms with van der Waals surface area (Å²) in [5.41, 5.74) is 2.01. The van der Waals surface area contributed by atoms with Crippen LogP contribution in [0.25, 0.3) is 12.2 Å². The predicted molar refractivity (Wildman–Crippen MR) is 221 cm³/mol. The summed E-state index contributed by atoms with van der Waals surface area (Å²) >= 11 is 17.4. The van der Waals surface area contributed by atoms with Crippen molar-refractivity contribution in [2.45, 2.75) is 66.6 Å². The maximum atomic E-state index is 5.73. The van der Waals surface area contributed by atoms with Crippen molar-refractivity contribution in [2.75, 3.05) is 0 Å². The molecule has 11 heteroatoms. The molecule has 0 bridgehead atoms. The molecular formula is C26H36I7O2V2. The van der Waals surface area contributed by atoms with Crippen LogP contribution >= 0.6 is 140 Å². The van der Waals surface area contributed by atoms with Gasteiger partial charge in [-0.1, -0.05) is 76.2 Å². The molecule has 0 saturated carbocycles. The molecule has 2 aromatic carbocycles. The standard InChI is InChI=1S/2C11H12O.2C2H6.7HI.2V/c2*1-11(2)8-7-9-5-3-4-6-10(9)12-11;2*1-2;;;;;;;;;/h2*3-8H,1-2H3;2*1-2H3;7*1H;;/q;;;;;;;;;;;+3;+4/p-7. The Balaban J connectivity index is 0. The minimum atomic E-state index is -0.995. The molecule has 0 unspecified atom stereocenters. The van der Waals surface area contributed by atoms with Gasteiger partial charge in [-0.2, -0.15) is 0 Å². The number of ether oxygens (including phenoxy) is 2. The quantitative estimate of drug-likeness (QED) is 0.245. The van der Waals surface area contributed by atoms with Crippen LogP contribution in [0.3, 0.4) is 0 Å². The summed E-state index contributed by atoms with van der Waals surface area (Å²) < 4.78 is 10.5. The molecule has 2 aliphatic heterocycles. The van der Waals surface area contributed by atoms with Gasteiger partial charge in [-0.15, -0.1) is 0 Å². The van der Waals surface area contributed by atoms with E-state index in [0.717, 1.165) is 22.6 Å². The van der Waals surface area contributed by atoms with E-state index in [9.17, 15) is 0 Å². The fourth-order valence-electron chi connectivity index (χ4n) is 2.64. The summed E-state index contributed by atoms with van der Waals surface area (Å²) in [7, 11) is 0. The van der Waals surface area contributed by atoms with E-state index < -0.39 is 0.376 Å². The SMILES string of the molecule is CC.CC.CC1(C)C=Cc2ccccc2O1.CC1(C)C=Cc2ccccc2O1.[I][V]([I])([I])[I].[I][V]([I])[I]. The van der Waals surface area contributed by atoms with Gasteiger partial charge in [-0.05, 0) is 52.0 Å². The molecule has 0 radical (unpaired) electrons. The number of hydrogen-bond donors (Lipinski definition) is 0. The second-order valence-electron chi connectivity index (χ2n) is 7.73. The molecule has 2 aromatic rings. The summed E-state index contributed by atoms with van der Waals surface area (Å²) in [6.07, 6.45) is 8.38. The number of fused-ring (bicyclic) bond motifs is 2. The first-order chi connectivity index (χ1) is 17.1. The normalized spacial score (nSPS) is 14.7. The Morgan fingerprint density at radius 1 is 0.595 bits per heavy atom. The molecule has 0 N–H and O–H groups in total. The summed E-state index contributed by atoms with van der Waals surface area (Å²) in [5.74, 6) is 1.95. The van der Waals surface area contributed by atoms with Crippen LogP contribution in [0.15, 0.2) is 60.7 Å². The molecule has 0 atom stereocenters. The number of rotatable bonds is 0. The first-order valence-corrected chi connectivity index (χ1v) is 43.0. The van der Waals surface area contributed by atoms with Gasteiger partial charge in [0, 0.05) is 11.1 Å². The van der Waals surface area contributed by atoms with Gasteiger partial charge in [0.05, 0.1) is 0 Å². The topological polar surface area (TPSA) is 18.5 Å².